The molecule has 0 saturated heterocycles. The molecule has 3 amide bonds. The van der Waals surface area contributed by atoms with E-state index in [9.17, 15) is 14.4 Å². The summed E-state index contributed by atoms with van der Waals surface area (Å²) in [6.07, 6.45) is 2.44. The average molecular weight is 309 g/mol. The minimum absolute atomic E-state index is 0.204. The molecule has 0 radical (unpaired) electrons. The number of aliphatic carboxylic acids is 1. The first-order valence-corrected chi connectivity index (χ1v) is 7.64. The van der Waals surface area contributed by atoms with Crippen LogP contribution in [0.25, 0.3) is 0 Å². The van der Waals surface area contributed by atoms with Crippen molar-refractivity contribution in [3.63, 3.8) is 0 Å². The summed E-state index contributed by atoms with van der Waals surface area (Å²) in [5.74, 6) is -0.717. The van der Waals surface area contributed by atoms with E-state index in [1.165, 1.54) is 11.8 Å². The van der Waals surface area contributed by atoms with Gasteiger partial charge in [-0.1, -0.05) is 0 Å². The minimum Gasteiger partial charge on any atom is -0.480 e. The van der Waals surface area contributed by atoms with Gasteiger partial charge in [0.15, 0.2) is 0 Å². The molecule has 0 aliphatic carbocycles. The SMILES string of the molecule is CSCCC(NC(N)=O)C(=O)NC(CCS)C(=O)O. The zero-order chi connectivity index (χ0) is 14.8. The summed E-state index contributed by atoms with van der Waals surface area (Å²) >= 11 is 5.44. The van der Waals surface area contributed by atoms with Crippen LogP contribution in [0.4, 0.5) is 4.79 Å². The number of amides is 3. The van der Waals surface area contributed by atoms with Gasteiger partial charge in [-0.15, -0.1) is 0 Å². The monoisotopic (exact) mass is 309 g/mol. The van der Waals surface area contributed by atoms with Gasteiger partial charge in [0.1, 0.15) is 12.1 Å². The Morgan fingerprint density at radius 3 is 2.32 bits per heavy atom. The van der Waals surface area contributed by atoms with Gasteiger partial charge < -0.3 is 21.5 Å². The molecule has 9 heteroatoms. The molecule has 0 spiro atoms. The fraction of sp³-hybridized carbons (Fsp3) is 0.700. The molecule has 0 rings (SSSR count). The molecule has 0 heterocycles. The summed E-state index contributed by atoms with van der Waals surface area (Å²) in [6, 6.07) is -2.66. The third-order valence-corrected chi connectivity index (χ3v) is 3.18. The number of rotatable bonds is 9. The van der Waals surface area contributed by atoms with Crippen molar-refractivity contribution in [1.82, 2.24) is 10.6 Å². The van der Waals surface area contributed by atoms with E-state index in [2.05, 4.69) is 23.3 Å². The summed E-state index contributed by atoms with van der Waals surface area (Å²) < 4.78 is 0. The number of nitrogens with one attached hydrogen (secondary N) is 2. The van der Waals surface area contributed by atoms with E-state index < -0.39 is 30.0 Å². The Labute approximate surface area is 121 Å². The van der Waals surface area contributed by atoms with E-state index in [-0.39, 0.29) is 6.42 Å². The normalized spacial score (nSPS) is 13.4. The molecular formula is C10H19N3O4S2. The van der Waals surface area contributed by atoms with E-state index in [1.807, 2.05) is 6.26 Å². The van der Waals surface area contributed by atoms with Crippen LogP contribution in [0.5, 0.6) is 0 Å². The highest BCUT2D eigenvalue weighted by atomic mass is 32.2. The highest BCUT2D eigenvalue weighted by Gasteiger charge is 2.25. The Bertz CT molecular complexity index is 328. The molecule has 110 valence electrons. The van der Waals surface area contributed by atoms with Gasteiger partial charge in [-0.05, 0) is 30.6 Å². The third kappa shape index (κ3) is 7.83. The van der Waals surface area contributed by atoms with Crippen molar-refractivity contribution >= 4 is 42.3 Å². The smallest absolute Gasteiger partial charge is 0.326 e. The lowest BCUT2D eigenvalue weighted by molar-refractivity contribution is -0.142. The number of hydrogen-bond donors (Lipinski definition) is 5. The van der Waals surface area contributed by atoms with Gasteiger partial charge in [0.05, 0.1) is 0 Å². The Morgan fingerprint density at radius 1 is 1.26 bits per heavy atom. The predicted molar refractivity (Wildman–Crippen MR) is 77.5 cm³/mol. The molecule has 0 bridgehead atoms. The van der Waals surface area contributed by atoms with Crippen molar-refractivity contribution in [2.45, 2.75) is 24.9 Å². The van der Waals surface area contributed by atoms with E-state index in [1.54, 1.807) is 0 Å². The molecule has 0 aromatic carbocycles. The molecule has 0 aliphatic heterocycles. The summed E-state index contributed by atoms with van der Waals surface area (Å²) in [5.41, 5.74) is 4.99. The van der Waals surface area contributed by atoms with Crippen LogP contribution in [-0.2, 0) is 9.59 Å². The number of primary amides is 1. The maximum atomic E-state index is 11.9. The maximum Gasteiger partial charge on any atom is 0.326 e. The number of thioether (sulfide) groups is 1. The second-order valence-electron chi connectivity index (χ2n) is 3.75. The Kier molecular flexibility index (Phi) is 9.23. The number of nitrogens with two attached hydrogens (primary N) is 1. The fourth-order valence-corrected chi connectivity index (χ4v) is 2.06. The highest BCUT2D eigenvalue weighted by Crippen LogP contribution is 2.03. The van der Waals surface area contributed by atoms with E-state index >= 15 is 0 Å². The van der Waals surface area contributed by atoms with Crippen LogP contribution in [0.1, 0.15) is 12.8 Å². The second-order valence-corrected chi connectivity index (χ2v) is 5.19. The Morgan fingerprint density at radius 2 is 1.89 bits per heavy atom. The van der Waals surface area contributed by atoms with Gasteiger partial charge in [0, 0.05) is 0 Å². The molecule has 2 unspecified atom stereocenters. The van der Waals surface area contributed by atoms with Crippen LogP contribution in [0.3, 0.4) is 0 Å². The lowest BCUT2D eigenvalue weighted by Gasteiger charge is -2.20. The molecule has 0 aromatic rings. The number of carbonyl (C=O) groups excluding carboxylic acids is 2. The number of urea groups is 1. The summed E-state index contributed by atoms with van der Waals surface area (Å²) in [6.45, 7) is 0. The Hall–Kier alpha value is -1.09. The van der Waals surface area contributed by atoms with Crippen molar-refractivity contribution in [2.75, 3.05) is 17.8 Å². The molecular weight excluding hydrogens is 290 g/mol. The number of carbonyl (C=O) groups is 3. The minimum atomic E-state index is -1.13. The second kappa shape index (κ2) is 9.79. The zero-order valence-electron chi connectivity index (χ0n) is 10.6. The first-order valence-electron chi connectivity index (χ1n) is 5.61. The number of carboxylic acids is 1. The summed E-state index contributed by atoms with van der Waals surface area (Å²) in [5, 5.41) is 13.6. The first-order chi connectivity index (χ1) is 8.92. The summed E-state index contributed by atoms with van der Waals surface area (Å²) in [7, 11) is 0. The fourth-order valence-electron chi connectivity index (χ4n) is 1.34. The van der Waals surface area contributed by atoms with Crippen molar-refractivity contribution in [3.8, 4) is 0 Å². The standard InChI is InChI=1S/C10H19N3O4S2/c1-19-5-3-6(13-10(11)17)8(14)12-7(2-4-18)9(15)16/h6-7,18H,2-5H2,1H3,(H,12,14)(H,15,16)(H3,11,13,17). The number of carboxylic acid groups (broad SMARTS) is 1. The predicted octanol–water partition coefficient (Wildman–Crippen LogP) is -0.334. The van der Waals surface area contributed by atoms with Gasteiger partial charge in [0.25, 0.3) is 0 Å². The van der Waals surface area contributed by atoms with Gasteiger partial charge >= 0.3 is 12.0 Å². The summed E-state index contributed by atoms with van der Waals surface area (Å²) in [4.78, 5) is 33.6. The molecule has 7 nitrogen and oxygen atoms in total. The van der Waals surface area contributed by atoms with Crippen molar-refractivity contribution in [3.05, 3.63) is 0 Å². The van der Waals surface area contributed by atoms with Gasteiger partial charge in [-0.25, -0.2) is 9.59 Å². The van der Waals surface area contributed by atoms with Crippen LogP contribution < -0.4 is 16.4 Å². The third-order valence-electron chi connectivity index (χ3n) is 2.28. The van der Waals surface area contributed by atoms with Gasteiger partial charge in [-0.2, -0.15) is 24.4 Å². The van der Waals surface area contributed by atoms with Crippen molar-refractivity contribution < 1.29 is 19.5 Å². The van der Waals surface area contributed by atoms with Crippen LogP contribution in [-0.4, -0.2) is 52.9 Å². The topological polar surface area (TPSA) is 122 Å². The highest BCUT2D eigenvalue weighted by molar-refractivity contribution is 7.98. The average Bonchev–Trinajstić information content (AvgIpc) is 2.33. The van der Waals surface area contributed by atoms with E-state index in [4.69, 9.17) is 10.8 Å². The first kappa shape index (κ1) is 17.9. The zero-order valence-corrected chi connectivity index (χ0v) is 12.3. The maximum absolute atomic E-state index is 11.9. The number of hydrogen-bond acceptors (Lipinski definition) is 5. The van der Waals surface area contributed by atoms with E-state index in [0.717, 1.165) is 0 Å². The lowest BCUT2D eigenvalue weighted by atomic mass is 10.1. The van der Waals surface area contributed by atoms with Crippen LogP contribution in [0.2, 0.25) is 0 Å². The number of thiol groups is 1. The van der Waals surface area contributed by atoms with Crippen molar-refractivity contribution in [2.24, 2.45) is 5.73 Å². The van der Waals surface area contributed by atoms with Crippen LogP contribution in [0, 0.1) is 0 Å². The largest absolute Gasteiger partial charge is 0.480 e. The van der Waals surface area contributed by atoms with Crippen molar-refractivity contribution in [1.29, 1.82) is 0 Å². The molecule has 0 aliphatic rings. The molecule has 0 aromatic heterocycles. The molecule has 0 fully saturated rings. The quantitative estimate of drug-likeness (QED) is 0.373. The van der Waals surface area contributed by atoms with Gasteiger partial charge in [0.2, 0.25) is 5.91 Å². The molecule has 2 atom stereocenters. The molecule has 5 N–H and O–H groups in total. The lowest BCUT2D eigenvalue weighted by Crippen LogP contribution is -2.53. The molecule has 19 heavy (non-hydrogen) atoms. The molecule has 0 saturated carbocycles. The Balaban J connectivity index is 4.58. The van der Waals surface area contributed by atoms with Gasteiger partial charge in [-0.3, -0.25) is 4.79 Å². The van der Waals surface area contributed by atoms with Crippen LogP contribution >= 0.6 is 24.4 Å². The van der Waals surface area contributed by atoms with Crippen LogP contribution in [0.15, 0.2) is 0 Å². The van der Waals surface area contributed by atoms with E-state index in [0.29, 0.717) is 17.9 Å².